The Labute approximate surface area is 68.8 Å². The quantitative estimate of drug-likeness (QED) is 0.553. The molecule has 0 aliphatic rings. The first kappa shape index (κ1) is 10.9. The molecule has 1 atom stereocenters. The molecule has 3 nitrogen and oxygen atoms in total. The van der Waals surface area contributed by atoms with Gasteiger partial charge in [0.2, 0.25) is 0 Å². The monoisotopic (exact) mass is 161 g/mol. The minimum atomic E-state index is 0.172. The van der Waals surface area contributed by atoms with E-state index in [-0.39, 0.29) is 12.6 Å². The van der Waals surface area contributed by atoms with Crippen molar-refractivity contribution in [3.05, 3.63) is 0 Å². The molecule has 0 fully saturated rings. The Balaban J connectivity index is 3.01. The van der Waals surface area contributed by atoms with E-state index in [1.54, 1.807) is 0 Å². The maximum Gasteiger partial charge on any atom is 0.0594 e. The Kier molecular flexibility index (Phi) is 6.51. The van der Waals surface area contributed by atoms with Crippen LogP contribution in [0.5, 0.6) is 0 Å². The van der Waals surface area contributed by atoms with Gasteiger partial charge in [0.25, 0.3) is 0 Å². The van der Waals surface area contributed by atoms with Crippen molar-refractivity contribution in [3.8, 4) is 0 Å². The molecule has 0 saturated heterocycles. The van der Waals surface area contributed by atoms with Crippen LogP contribution in [0.3, 0.4) is 0 Å². The summed E-state index contributed by atoms with van der Waals surface area (Å²) < 4.78 is 5.29. The molecule has 0 aromatic carbocycles. The molecule has 0 aromatic heterocycles. The predicted octanol–water partition coefficient (Wildman–Crippen LogP) is 0.382. The van der Waals surface area contributed by atoms with Crippen molar-refractivity contribution in [1.82, 2.24) is 5.32 Å². The molecule has 0 aromatic rings. The zero-order valence-corrected chi connectivity index (χ0v) is 7.63. The third-order valence-corrected chi connectivity index (χ3v) is 1.32. The summed E-state index contributed by atoms with van der Waals surface area (Å²) in [5.41, 5.74) is 0. The number of ether oxygens (including phenoxy) is 1. The summed E-state index contributed by atoms with van der Waals surface area (Å²) in [6.07, 6.45) is 0.293. The van der Waals surface area contributed by atoms with E-state index in [2.05, 4.69) is 5.32 Å². The molecular formula is C8H19NO2. The number of aliphatic hydroxyl groups is 1. The topological polar surface area (TPSA) is 41.5 Å². The molecule has 0 bridgehead atoms. The highest BCUT2D eigenvalue weighted by molar-refractivity contribution is 4.56. The van der Waals surface area contributed by atoms with E-state index in [0.29, 0.717) is 12.7 Å². The fraction of sp³-hybridized carbons (Fsp3) is 1.00. The van der Waals surface area contributed by atoms with Crippen molar-refractivity contribution in [2.75, 3.05) is 19.8 Å². The highest BCUT2D eigenvalue weighted by atomic mass is 16.5. The maximum absolute atomic E-state index is 8.64. The molecule has 0 amide bonds. The Bertz CT molecular complexity index is 86.2. The fourth-order valence-corrected chi connectivity index (χ4v) is 0.665. The zero-order chi connectivity index (χ0) is 8.69. The third kappa shape index (κ3) is 7.78. The number of aliphatic hydroxyl groups excluding tert-OH is 1. The largest absolute Gasteiger partial charge is 0.395 e. The summed E-state index contributed by atoms with van der Waals surface area (Å²) in [4.78, 5) is 0. The van der Waals surface area contributed by atoms with Crippen molar-refractivity contribution >= 4 is 0 Å². The molecule has 0 spiro atoms. The number of nitrogens with one attached hydrogen (secondary N) is 1. The van der Waals surface area contributed by atoms with E-state index < -0.39 is 0 Å². The van der Waals surface area contributed by atoms with Gasteiger partial charge in [0.05, 0.1) is 19.3 Å². The van der Waals surface area contributed by atoms with Gasteiger partial charge in [-0.05, 0) is 20.8 Å². The number of hydrogen-bond donors (Lipinski definition) is 2. The summed E-state index contributed by atoms with van der Waals surface area (Å²) in [6, 6.07) is 0.172. The Morgan fingerprint density at radius 3 is 2.45 bits per heavy atom. The maximum atomic E-state index is 8.64. The summed E-state index contributed by atoms with van der Waals surface area (Å²) in [7, 11) is 0. The average Bonchev–Trinajstić information content (AvgIpc) is 1.97. The first-order valence-electron chi connectivity index (χ1n) is 4.12. The molecule has 11 heavy (non-hydrogen) atoms. The summed E-state index contributed by atoms with van der Waals surface area (Å²) in [5, 5.41) is 11.8. The van der Waals surface area contributed by atoms with Crippen LogP contribution in [-0.4, -0.2) is 37.0 Å². The van der Waals surface area contributed by atoms with E-state index >= 15 is 0 Å². The molecular weight excluding hydrogens is 142 g/mol. The molecule has 0 aliphatic carbocycles. The summed E-state index contributed by atoms with van der Waals surface area (Å²) in [6.45, 7) is 7.66. The molecule has 2 N–H and O–H groups in total. The van der Waals surface area contributed by atoms with Gasteiger partial charge >= 0.3 is 0 Å². The van der Waals surface area contributed by atoms with Crippen molar-refractivity contribution in [1.29, 1.82) is 0 Å². The van der Waals surface area contributed by atoms with Crippen LogP contribution in [-0.2, 0) is 4.74 Å². The van der Waals surface area contributed by atoms with Gasteiger partial charge in [-0.15, -0.1) is 0 Å². The Morgan fingerprint density at radius 2 is 2.00 bits per heavy atom. The van der Waals surface area contributed by atoms with E-state index in [1.807, 2.05) is 20.8 Å². The van der Waals surface area contributed by atoms with Crippen LogP contribution in [0.2, 0.25) is 0 Å². The van der Waals surface area contributed by atoms with Gasteiger partial charge in [-0.2, -0.15) is 0 Å². The van der Waals surface area contributed by atoms with E-state index in [0.717, 1.165) is 6.54 Å². The summed E-state index contributed by atoms with van der Waals surface area (Å²) >= 11 is 0. The first-order chi connectivity index (χ1) is 5.16. The molecule has 68 valence electrons. The van der Waals surface area contributed by atoms with Crippen LogP contribution in [0, 0.1) is 0 Å². The number of rotatable bonds is 6. The van der Waals surface area contributed by atoms with Crippen LogP contribution in [0.1, 0.15) is 20.8 Å². The van der Waals surface area contributed by atoms with Crippen LogP contribution in [0.25, 0.3) is 0 Å². The fourth-order valence-electron chi connectivity index (χ4n) is 0.665. The van der Waals surface area contributed by atoms with Crippen molar-refractivity contribution in [2.24, 2.45) is 0 Å². The highest BCUT2D eigenvalue weighted by Crippen LogP contribution is 1.85. The van der Waals surface area contributed by atoms with Gasteiger partial charge in [0.15, 0.2) is 0 Å². The second-order valence-electron chi connectivity index (χ2n) is 2.96. The molecule has 0 aliphatic heterocycles. The lowest BCUT2D eigenvalue weighted by Gasteiger charge is -2.11. The average molecular weight is 161 g/mol. The second kappa shape index (κ2) is 6.58. The van der Waals surface area contributed by atoms with Crippen molar-refractivity contribution in [3.63, 3.8) is 0 Å². The van der Waals surface area contributed by atoms with Gasteiger partial charge in [0, 0.05) is 12.6 Å². The van der Waals surface area contributed by atoms with Crippen molar-refractivity contribution < 1.29 is 9.84 Å². The molecule has 0 saturated carbocycles. The van der Waals surface area contributed by atoms with Gasteiger partial charge in [-0.1, -0.05) is 0 Å². The minimum Gasteiger partial charge on any atom is -0.395 e. The predicted molar refractivity (Wildman–Crippen MR) is 45.6 cm³/mol. The Morgan fingerprint density at radius 1 is 1.36 bits per heavy atom. The standard InChI is InChI=1S/C8H19NO2/c1-7(2)11-5-4-9-8(3)6-10/h7-10H,4-6H2,1-3H3. The lowest BCUT2D eigenvalue weighted by atomic mass is 10.4. The van der Waals surface area contributed by atoms with E-state index in [1.165, 1.54) is 0 Å². The first-order valence-corrected chi connectivity index (χ1v) is 4.12. The molecule has 0 rings (SSSR count). The van der Waals surface area contributed by atoms with Gasteiger partial charge in [0.1, 0.15) is 0 Å². The molecule has 0 heterocycles. The summed E-state index contributed by atoms with van der Waals surface area (Å²) in [5.74, 6) is 0. The van der Waals surface area contributed by atoms with Crippen LogP contribution < -0.4 is 5.32 Å². The number of hydrogen-bond acceptors (Lipinski definition) is 3. The molecule has 0 radical (unpaired) electrons. The van der Waals surface area contributed by atoms with Crippen molar-refractivity contribution in [2.45, 2.75) is 32.9 Å². The van der Waals surface area contributed by atoms with Gasteiger partial charge < -0.3 is 15.2 Å². The van der Waals surface area contributed by atoms with Crippen LogP contribution in [0.15, 0.2) is 0 Å². The minimum absolute atomic E-state index is 0.172. The van der Waals surface area contributed by atoms with E-state index in [4.69, 9.17) is 9.84 Å². The Hall–Kier alpha value is -0.120. The zero-order valence-electron chi connectivity index (χ0n) is 7.63. The van der Waals surface area contributed by atoms with Crippen LogP contribution in [0.4, 0.5) is 0 Å². The van der Waals surface area contributed by atoms with Crippen LogP contribution >= 0.6 is 0 Å². The molecule has 3 heteroatoms. The second-order valence-corrected chi connectivity index (χ2v) is 2.96. The normalized spacial score (nSPS) is 13.9. The van der Waals surface area contributed by atoms with Gasteiger partial charge in [-0.25, -0.2) is 0 Å². The third-order valence-electron chi connectivity index (χ3n) is 1.32. The lowest BCUT2D eigenvalue weighted by molar-refractivity contribution is 0.0782. The smallest absolute Gasteiger partial charge is 0.0594 e. The van der Waals surface area contributed by atoms with E-state index in [9.17, 15) is 0 Å². The highest BCUT2D eigenvalue weighted by Gasteiger charge is 1.97. The van der Waals surface area contributed by atoms with Gasteiger partial charge in [-0.3, -0.25) is 0 Å². The molecule has 1 unspecified atom stereocenters. The SMILES string of the molecule is CC(CO)NCCOC(C)C. The lowest BCUT2D eigenvalue weighted by Crippen LogP contribution is -2.32.